The molecule has 0 bridgehead atoms. The molecule has 3 aromatic rings. The van der Waals surface area contributed by atoms with Crippen LogP contribution >= 0.6 is 0 Å². The third kappa shape index (κ3) is 2.97. The Balaban J connectivity index is 1.92. The minimum Gasteiger partial charge on any atom is -0.457 e. The fourth-order valence-corrected chi connectivity index (χ4v) is 2.14. The lowest BCUT2D eigenvalue weighted by Gasteiger charge is -1.98. The first-order chi connectivity index (χ1) is 10.8. The molecular formula is C19H12FNO. The van der Waals surface area contributed by atoms with E-state index in [9.17, 15) is 9.65 Å². The highest BCUT2D eigenvalue weighted by Crippen LogP contribution is 2.25. The number of allylic oxidation sites excluding steroid dienone is 1. The lowest BCUT2D eigenvalue weighted by molar-refractivity contribution is 0.571. The second-order valence-electron chi connectivity index (χ2n) is 4.74. The van der Waals surface area contributed by atoms with E-state index in [-0.39, 0.29) is 5.82 Å². The molecule has 0 amide bonds. The number of nitrogens with zero attached hydrogens (tertiary/aromatic N) is 1. The first kappa shape index (κ1) is 13.8. The van der Waals surface area contributed by atoms with Crippen molar-refractivity contribution in [2.45, 2.75) is 0 Å². The molecule has 0 atom stereocenters. The predicted molar refractivity (Wildman–Crippen MR) is 84.0 cm³/mol. The molecule has 0 fully saturated rings. The van der Waals surface area contributed by atoms with Crippen LogP contribution in [0.2, 0.25) is 0 Å². The Morgan fingerprint density at radius 1 is 0.955 bits per heavy atom. The third-order valence-electron chi connectivity index (χ3n) is 3.25. The van der Waals surface area contributed by atoms with Crippen LogP contribution in [0.25, 0.3) is 23.0 Å². The van der Waals surface area contributed by atoms with Gasteiger partial charge in [-0.1, -0.05) is 30.3 Å². The maximum atomic E-state index is 12.9. The molecule has 2 nitrogen and oxygen atoms in total. The summed E-state index contributed by atoms with van der Waals surface area (Å²) in [4.78, 5) is 0. The Bertz CT molecular complexity index is 839. The zero-order chi connectivity index (χ0) is 15.4. The molecule has 2 aromatic carbocycles. The van der Waals surface area contributed by atoms with Crippen LogP contribution in [0.1, 0.15) is 11.3 Å². The molecule has 0 unspecified atom stereocenters. The van der Waals surface area contributed by atoms with Gasteiger partial charge in [-0.3, -0.25) is 0 Å². The van der Waals surface area contributed by atoms with Crippen molar-refractivity contribution in [1.82, 2.24) is 0 Å². The maximum absolute atomic E-state index is 12.9. The van der Waals surface area contributed by atoms with Crippen molar-refractivity contribution in [3.05, 3.63) is 83.9 Å². The summed E-state index contributed by atoms with van der Waals surface area (Å²) in [5, 5.41) is 9.29. The first-order valence-electron chi connectivity index (χ1n) is 6.79. The molecule has 22 heavy (non-hydrogen) atoms. The Kier molecular flexibility index (Phi) is 3.84. The molecule has 1 aromatic heterocycles. The Hall–Kier alpha value is -3.12. The molecule has 1 heterocycles. The Morgan fingerprint density at radius 3 is 2.36 bits per heavy atom. The van der Waals surface area contributed by atoms with Gasteiger partial charge in [0.15, 0.2) is 0 Å². The monoisotopic (exact) mass is 289 g/mol. The van der Waals surface area contributed by atoms with Crippen molar-refractivity contribution in [3.63, 3.8) is 0 Å². The molecule has 0 N–H and O–H groups in total. The summed E-state index contributed by atoms with van der Waals surface area (Å²) in [6.07, 6.45) is 1.70. The van der Waals surface area contributed by atoms with Gasteiger partial charge in [0, 0.05) is 5.56 Å². The van der Waals surface area contributed by atoms with Gasteiger partial charge in [0.1, 0.15) is 17.3 Å². The average Bonchev–Trinajstić information content (AvgIpc) is 3.03. The molecule has 0 aliphatic carbocycles. The summed E-state index contributed by atoms with van der Waals surface area (Å²) in [5.74, 6) is 0.933. The van der Waals surface area contributed by atoms with E-state index in [4.69, 9.17) is 4.42 Å². The molecule has 106 valence electrons. The van der Waals surface area contributed by atoms with Crippen LogP contribution in [-0.2, 0) is 0 Å². The summed E-state index contributed by atoms with van der Waals surface area (Å²) < 4.78 is 18.7. The topological polar surface area (TPSA) is 36.9 Å². The van der Waals surface area contributed by atoms with Gasteiger partial charge in [-0.05, 0) is 48.0 Å². The van der Waals surface area contributed by atoms with E-state index >= 15 is 0 Å². The molecule has 0 spiro atoms. The van der Waals surface area contributed by atoms with Crippen LogP contribution in [0, 0.1) is 17.1 Å². The molecule has 0 saturated carbocycles. The van der Waals surface area contributed by atoms with Gasteiger partial charge >= 0.3 is 0 Å². The largest absolute Gasteiger partial charge is 0.457 e. The van der Waals surface area contributed by atoms with Crippen molar-refractivity contribution in [2.24, 2.45) is 0 Å². The number of hydrogen-bond donors (Lipinski definition) is 0. The summed E-state index contributed by atoms with van der Waals surface area (Å²) in [5.41, 5.74) is 2.16. The summed E-state index contributed by atoms with van der Waals surface area (Å²) >= 11 is 0. The van der Waals surface area contributed by atoms with Gasteiger partial charge in [-0.25, -0.2) is 4.39 Å². The zero-order valence-electron chi connectivity index (χ0n) is 11.7. The SMILES string of the molecule is N#C/C(=C/c1ccc(-c2ccc(F)cc2)o1)c1ccccc1. The predicted octanol–water partition coefficient (Wildman–Crippen LogP) is 5.15. The van der Waals surface area contributed by atoms with Gasteiger partial charge in [0.25, 0.3) is 0 Å². The fourth-order valence-electron chi connectivity index (χ4n) is 2.14. The number of halogens is 1. The van der Waals surface area contributed by atoms with Gasteiger partial charge in [0.2, 0.25) is 0 Å². The number of hydrogen-bond acceptors (Lipinski definition) is 2. The standard InChI is InChI=1S/C19H12FNO/c20-17-8-6-15(7-9-17)19-11-10-18(22-19)12-16(13-21)14-4-2-1-3-5-14/h1-12H/b16-12-. The van der Waals surface area contributed by atoms with E-state index in [1.54, 1.807) is 30.3 Å². The second-order valence-corrected chi connectivity index (χ2v) is 4.74. The smallest absolute Gasteiger partial charge is 0.134 e. The number of benzene rings is 2. The van der Waals surface area contributed by atoms with E-state index in [0.717, 1.165) is 11.1 Å². The Morgan fingerprint density at radius 2 is 1.68 bits per heavy atom. The van der Waals surface area contributed by atoms with Crippen LogP contribution in [0.3, 0.4) is 0 Å². The normalized spacial score (nSPS) is 11.2. The number of furan rings is 1. The number of rotatable bonds is 3. The van der Waals surface area contributed by atoms with Gasteiger partial charge in [-0.2, -0.15) is 5.26 Å². The fraction of sp³-hybridized carbons (Fsp3) is 0. The highest BCUT2D eigenvalue weighted by Gasteiger charge is 2.06. The van der Waals surface area contributed by atoms with E-state index in [0.29, 0.717) is 17.1 Å². The van der Waals surface area contributed by atoms with Crippen LogP contribution < -0.4 is 0 Å². The highest BCUT2D eigenvalue weighted by atomic mass is 19.1. The summed E-state index contributed by atoms with van der Waals surface area (Å²) in [6.45, 7) is 0. The van der Waals surface area contributed by atoms with Crippen molar-refractivity contribution >= 4 is 11.6 Å². The molecule has 0 aliphatic heterocycles. The van der Waals surface area contributed by atoms with E-state index < -0.39 is 0 Å². The summed E-state index contributed by atoms with van der Waals surface area (Å²) in [6, 6.07) is 21.3. The van der Waals surface area contributed by atoms with Gasteiger partial charge in [-0.15, -0.1) is 0 Å². The third-order valence-corrected chi connectivity index (χ3v) is 3.25. The lowest BCUT2D eigenvalue weighted by atomic mass is 10.1. The average molecular weight is 289 g/mol. The van der Waals surface area contributed by atoms with Crippen LogP contribution in [0.15, 0.2) is 71.1 Å². The summed E-state index contributed by atoms with van der Waals surface area (Å²) in [7, 11) is 0. The van der Waals surface area contributed by atoms with E-state index in [1.807, 2.05) is 30.3 Å². The highest BCUT2D eigenvalue weighted by molar-refractivity contribution is 5.88. The lowest BCUT2D eigenvalue weighted by Crippen LogP contribution is -1.79. The van der Waals surface area contributed by atoms with E-state index in [2.05, 4.69) is 6.07 Å². The van der Waals surface area contributed by atoms with Crippen LogP contribution in [0.5, 0.6) is 0 Å². The quantitative estimate of drug-likeness (QED) is 0.625. The zero-order valence-corrected chi connectivity index (χ0v) is 11.7. The van der Waals surface area contributed by atoms with Gasteiger partial charge < -0.3 is 4.42 Å². The van der Waals surface area contributed by atoms with Gasteiger partial charge in [0.05, 0.1) is 11.6 Å². The van der Waals surface area contributed by atoms with Crippen LogP contribution in [0.4, 0.5) is 4.39 Å². The van der Waals surface area contributed by atoms with E-state index in [1.165, 1.54) is 12.1 Å². The molecule has 3 rings (SSSR count). The second kappa shape index (κ2) is 6.11. The Labute approximate surface area is 127 Å². The van der Waals surface area contributed by atoms with Crippen molar-refractivity contribution < 1.29 is 8.81 Å². The molecule has 3 heteroatoms. The minimum atomic E-state index is -0.286. The molecular weight excluding hydrogens is 277 g/mol. The molecule has 0 radical (unpaired) electrons. The van der Waals surface area contributed by atoms with Crippen molar-refractivity contribution in [2.75, 3.05) is 0 Å². The minimum absolute atomic E-state index is 0.286. The maximum Gasteiger partial charge on any atom is 0.134 e. The van der Waals surface area contributed by atoms with Crippen LogP contribution in [-0.4, -0.2) is 0 Å². The first-order valence-corrected chi connectivity index (χ1v) is 6.79. The van der Waals surface area contributed by atoms with Crippen molar-refractivity contribution in [3.8, 4) is 17.4 Å². The van der Waals surface area contributed by atoms with Crippen molar-refractivity contribution in [1.29, 1.82) is 5.26 Å². The number of nitriles is 1. The molecule has 0 saturated heterocycles. The molecule has 0 aliphatic rings.